The van der Waals surface area contributed by atoms with E-state index in [1.807, 2.05) is 18.2 Å². The molecule has 1 aromatic carbocycles. The lowest BCUT2D eigenvalue weighted by molar-refractivity contribution is 0.683. The van der Waals surface area contributed by atoms with Gasteiger partial charge in [0.1, 0.15) is 0 Å². The lowest BCUT2D eigenvalue weighted by Gasteiger charge is -2.17. The van der Waals surface area contributed by atoms with Gasteiger partial charge >= 0.3 is 0 Å². The van der Waals surface area contributed by atoms with Crippen LogP contribution in [0.4, 0.5) is 11.4 Å². The number of nitrogens with two attached hydrogens (primary N) is 1. The Hall–Kier alpha value is -1.03. The van der Waals surface area contributed by atoms with Crippen LogP contribution in [0.15, 0.2) is 23.1 Å². The summed E-state index contributed by atoms with van der Waals surface area (Å²) in [5, 5.41) is 0. The molecule has 2 rings (SSSR count). The Morgan fingerprint density at radius 3 is 3.07 bits per heavy atom. The lowest BCUT2D eigenvalue weighted by atomic mass is 10.2. The molecule has 0 aromatic heterocycles. The summed E-state index contributed by atoms with van der Waals surface area (Å²) in [4.78, 5) is 3.00. The fourth-order valence-electron chi connectivity index (χ4n) is 1.85. The van der Waals surface area contributed by atoms with E-state index in [1.54, 1.807) is 0 Å². The molecule has 15 heavy (non-hydrogen) atoms. The van der Waals surface area contributed by atoms with Crippen LogP contribution in [-0.2, 0) is 10.8 Å². The van der Waals surface area contributed by atoms with Crippen molar-refractivity contribution in [2.75, 3.05) is 23.1 Å². The van der Waals surface area contributed by atoms with Crippen LogP contribution >= 0.6 is 0 Å². The molecule has 3 nitrogen and oxygen atoms in total. The molecule has 1 heterocycles. The molecule has 0 fully saturated rings. The minimum atomic E-state index is -0.942. The predicted molar refractivity (Wildman–Crippen MR) is 64.4 cm³/mol. The van der Waals surface area contributed by atoms with Crippen molar-refractivity contribution in [2.24, 2.45) is 0 Å². The minimum Gasteiger partial charge on any atom is -0.398 e. The molecule has 0 saturated heterocycles. The molecular formula is C11H16N2OS. The monoisotopic (exact) mass is 224 g/mol. The van der Waals surface area contributed by atoms with Gasteiger partial charge in [-0.2, -0.15) is 0 Å². The highest BCUT2D eigenvalue weighted by Gasteiger charge is 2.26. The maximum Gasteiger partial charge on any atom is 0.0986 e. The number of nitrogen functional groups attached to an aromatic ring is 1. The van der Waals surface area contributed by atoms with Gasteiger partial charge in [0.25, 0.3) is 0 Å². The molecule has 82 valence electrons. The fourth-order valence-corrected chi connectivity index (χ4v) is 3.29. The lowest BCUT2D eigenvalue weighted by Crippen LogP contribution is -2.22. The Bertz CT molecular complexity index is 392. The van der Waals surface area contributed by atoms with E-state index in [1.165, 1.54) is 0 Å². The normalized spacial score (nSPS) is 19.3. The van der Waals surface area contributed by atoms with Gasteiger partial charge < -0.3 is 10.6 Å². The van der Waals surface area contributed by atoms with Crippen molar-refractivity contribution in [3.05, 3.63) is 18.2 Å². The molecule has 0 bridgehead atoms. The molecule has 0 aliphatic carbocycles. The quantitative estimate of drug-likeness (QED) is 0.798. The highest BCUT2D eigenvalue weighted by atomic mass is 32.2. The van der Waals surface area contributed by atoms with Crippen molar-refractivity contribution in [1.82, 2.24) is 0 Å². The smallest absolute Gasteiger partial charge is 0.0986 e. The molecule has 4 heteroatoms. The average molecular weight is 224 g/mol. The van der Waals surface area contributed by atoms with Gasteiger partial charge in [-0.15, -0.1) is 0 Å². The summed E-state index contributed by atoms with van der Waals surface area (Å²) in [6, 6.07) is 5.75. The standard InChI is InChI=1S/C11H16N2OS/c1-2-3-7-13-8-15(14)11-9(12)5-4-6-10(11)13/h4-6H,2-3,7-8,12H2,1H3. The van der Waals surface area contributed by atoms with Crippen molar-refractivity contribution in [1.29, 1.82) is 0 Å². The zero-order valence-corrected chi connectivity index (χ0v) is 9.72. The van der Waals surface area contributed by atoms with E-state index in [4.69, 9.17) is 5.73 Å². The van der Waals surface area contributed by atoms with Gasteiger partial charge in [0.15, 0.2) is 0 Å². The Morgan fingerprint density at radius 1 is 1.53 bits per heavy atom. The molecule has 0 amide bonds. The molecule has 2 N–H and O–H groups in total. The molecule has 1 atom stereocenters. The van der Waals surface area contributed by atoms with Crippen molar-refractivity contribution < 1.29 is 4.21 Å². The molecule has 1 aliphatic rings. The number of hydrogen-bond donors (Lipinski definition) is 1. The van der Waals surface area contributed by atoms with Crippen molar-refractivity contribution in [3.63, 3.8) is 0 Å². The van der Waals surface area contributed by atoms with E-state index in [9.17, 15) is 4.21 Å². The molecule has 1 unspecified atom stereocenters. The van der Waals surface area contributed by atoms with Crippen LogP contribution in [0.3, 0.4) is 0 Å². The van der Waals surface area contributed by atoms with Crippen LogP contribution in [0.25, 0.3) is 0 Å². The maximum absolute atomic E-state index is 11.8. The summed E-state index contributed by atoms with van der Waals surface area (Å²) in [5.74, 6) is 0.601. The van der Waals surface area contributed by atoms with Crippen molar-refractivity contribution >= 4 is 22.2 Å². The topological polar surface area (TPSA) is 46.3 Å². The first-order valence-electron chi connectivity index (χ1n) is 5.26. The third kappa shape index (κ3) is 1.86. The Morgan fingerprint density at radius 2 is 2.33 bits per heavy atom. The van der Waals surface area contributed by atoms with E-state index < -0.39 is 10.8 Å². The summed E-state index contributed by atoms with van der Waals surface area (Å²) in [7, 11) is -0.942. The number of fused-ring (bicyclic) bond motifs is 1. The van der Waals surface area contributed by atoms with E-state index in [2.05, 4.69) is 11.8 Å². The first-order valence-corrected chi connectivity index (χ1v) is 6.57. The third-order valence-electron chi connectivity index (χ3n) is 2.65. The van der Waals surface area contributed by atoms with Crippen LogP contribution in [0.1, 0.15) is 19.8 Å². The molecular weight excluding hydrogens is 208 g/mol. The van der Waals surface area contributed by atoms with Gasteiger partial charge in [0, 0.05) is 12.2 Å². The van der Waals surface area contributed by atoms with Crippen molar-refractivity contribution in [3.8, 4) is 0 Å². The largest absolute Gasteiger partial charge is 0.398 e. The van der Waals surface area contributed by atoms with Crippen LogP contribution in [-0.4, -0.2) is 16.6 Å². The Labute approximate surface area is 92.7 Å². The number of unbranched alkanes of at least 4 members (excludes halogenated alkanes) is 1. The number of benzene rings is 1. The van der Waals surface area contributed by atoms with E-state index in [-0.39, 0.29) is 0 Å². The number of hydrogen-bond acceptors (Lipinski definition) is 3. The Kier molecular flexibility index (Phi) is 2.95. The second kappa shape index (κ2) is 4.23. The second-order valence-corrected chi connectivity index (χ2v) is 5.14. The Balaban J connectivity index is 2.30. The first-order chi connectivity index (χ1) is 7.24. The molecule has 1 aliphatic heterocycles. The number of nitrogens with zero attached hydrogens (tertiary/aromatic N) is 1. The summed E-state index contributed by atoms with van der Waals surface area (Å²) >= 11 is 0. The van der Waals surface area contributed by atoms with E-state index >= 15 is 0 Å². The summed E-state index contributed by atoms with van der Waals surface area (Å²) < 4.78 is 11.8. The highest BCUT2D eigenvalue weighted by molar-refractivity contribution is 7.85. The predicted octanol–water partition coefficient (Wildman–Crippen LogP) is 1.95. The minimum absolute atomic E-state index is 0.601. The van der Waals surface area contributed by atoms with Crippen LogP contribution in [0, 0.1) is 0 Å². The second-order valence-electron chi connectivity index (χ2n) is 3.79. The van der Waals surface area contributed by atoms with Gasteiger partial charge in [0.05, 0.1) is 27.3 Å². The van der Waals surface area contributed by atoms with E-state index in [0.717, 1.165) is 30.0 Å². The summed E-state index contributed by atoms with van der Waals surface area (Å²) in [6.07, 6.45) is 2.28. The highest BCUT2D eigenvalue weighted by Crippen LogP contribution is 2.35. The van der Waals surface area contributed by atoms with Gasteiger partial charge in [-0.3, -0.25) is 4.21 Å². The number of anilines is 2. The van der Waals surface area contributed by atoms with Gasteiger partial charge in [-0.25, -0.2) is 0 Å². The maximum atomic E-state index is 11.8. The van der Waals surface area contributed by atoms with Gasteiger partial charge in [-0.1, -0.05) is 19.4 Å². The van der Waals surface area contributed by atoms with Gasteiger partial charge in [0.2, 0.25) is 0 Å². The molecule has 0 saturated carbocycles. The molecule has 0 radical (unpaired) electrons. The SMILES string of the molecule is CCCCN1CS(=O)c2c(N)cccc21. The molecule has 1 aromatic rings. The van der Waals surface area contributed by atoms with Crippen LogP contribution in [0.2, 0.25) is 0 Å². The van der Waals surface area contributed by atoms with Gasteiger partial charge in [-0.05, 0) is 18.6 Å². The summed E-state index contributed by atoms with van der Waals surface area (Å²) in [6.45, 7) is 3.13. The first kappa shape index (κ1) is 10.5. The third-order valence-corrected chi connectivity index (χ3v) is 4.09. The van der Waals surface area contributed by atoms with Crippen molar-refractivity contribution in [2.45, 2.75) is 24.7 Å². The van der Waals surface area contributed by atoms with Crippen LogP contribution in [0.5, 0.6) is 0 Å². The average Bonchev–Trinajstić information content (AvgIpc) is 2.54. The van der Waals surface area contributed by atoms with Crippen LogP contribution < -0.4 is 10.6 Å². The summed E-state index contributed by atoms with van der Waals surface area (Å²) in [5.41, 5.74) is 7.55. The molecule has 0 spiro atoms. The zero-order valence-electron chi connectivity index (χ0n) is 8.90. The fraction of sp³-hybridized carbons (Fsp3) is 0.455. The number of rotatable bonds is 3. The zero-order chi connectivity index (χ0) is 10.8. The van der Waals surface area contributed by atoms with E-state index in [0.29, 0.717) is 11.6 Å².